The SMILES string of the molecule is CC(C)[C@@H](NC(=O)[C@H]1CC(=O)N(c2ccccc2)C1)c1nc2ccccc2n1C. The Hall–Kier alpha value is -3.15. The smallest absolute Gasteiger partial charge is 0.227 e. The van der Waals surface area contributed by atoms with Crippen molar-refractivity contribution >= 4 is 28.5 Å². The second kappa shape index (κ2) is 7.70. The number of para-hydroxylation sites is 3. The van der Waals surface area contributed by atoms with Crippen LogP contribution in [0.3, 0.4) is 0 Å². The van der Waals surface area contributed by atoms with Crippen molar-refractivity contribution in [2.24, 2.45) is 18.9 Å². The van der Waals surface area contributed by atoms with Gasteiger partial charge in [-0.3, -0.25) is 9.59 Å². The largest absolute Gasteiger partial charge is 0.346 e. The molecule has 2 aromatic carbocycles. The fraction of sp³-hybridized carbons (Fsp3) is 0.348. The van der Waals surface area contributed by atoms with E-state index in [1.807, 2.05) is 66.2 Å². The van der Waals surface area contributed by atoms with E-state index in [9.17, 15) is 9.59 Å². The molecule has 1 fully saturated rings. The zero-order chi connectivity index (χ0) is 20.5. The number of hydrogen-bond acceptors (Lipinski definition) is 3. The van der Waals surface area contributed by atoms with Crippen molar-refractivity contribution < 1.29 is 9.59 Å². The molecule has 29 heavy (non-hydrogen) atoms. The van der Waals surface area contributed by atoms with Crippen LogP contribution in [0.5, 0.6) is 0 Å². The molecule has 0 aliphatic carbocycles. The zero-order valence-corrected chi connectivity index (χ0v) is 17.0. The molecule has 1 N–H and O–H groups in total. The first-order valence-electron chi connectivity index (χ1n) is 10.0. The fourth-order valence-electron chi connectivity index (χ4n) is 3.98. The molecule has 3 aromatic rings. The lowest BCUT2D eigenvalue weighted by Crippen LogP contribution is -2.38. The Labute approximate surface area is 170 Å². The van der Waals surface area contributed by atoms with Gasteiger partial charge in [-0.25, -0.2) is 4.98 Å². The lowest BCUT2D eigenvalue weighted by atomic mass is 10.0. The summed E-state index contributed by atoms with van der Waals surface area (Å²) >= 11 is 0. The molecule has 1 saturated heterocycles. The van der Waals surface area contributed by atoms with E-state index in [-0.39, 0.29) is 36.1 Å². The highest BCUT2D eigenvalue weighted by Gasteiger charge is 2.36. The number of imidazole rings is 1. The number of nitrogens with zero attached hydrogens (tertiary/aromatic N) is 3. The van der Waals surface area contributed by atoms with Crippen LogP contribution in [0.4, 0.5) is 5.69 Å². The Morgan fingerprint density at radius 3 is 2.48 bits per heavy atom. The van der Waals surface area contributed by atoms with E-state index < -0.39 is 0 Å². The minimum Gasteiger partial charge on any atom is -0.346 e. The molecule has 1 aliphatic rings. The van der Waals surface area contributed by atoms with Gasteiger partial charge in [0.05, 0.1) is 23.0 Å². The summed E-state index contributed by atoms with van der Waals surface area (Å²) in [7, 11) is 1.97. The van der Waals surface area contributed by atoms with Crippen LogP contribution in [0, 0.1) is 11.8 Å². The Balaban J connectivity index is 1.54. The van der Waals surface area contributed by atoms with Crippen LogP contribution in [0.2, 0.25) is 0 Å². The van der Waals surface area contributed by atoms with Crippen molar-refractivity contribution in [3.05, 3.63) is 60.4 Å². The minimum atomic E-state index is -0.362. The van der Waals surface area contributed by atoms with Gasteiger partial charge < -0.3 is 14.8 Å². The molecule has 4 rings (SSSR count). The molecule has 0 unspecified atom stereocenters. The summed E-state index contributed by atoms with van der Waals surface area (Å²) in [6.45, 7) is 4.54. The van der Waals surface area contributed by atoms with Crippen molar-refractivity contribution in [2.75, 3.05) is 11.4 Å². The van der Waals surface area contributed by atoms with Gasteiger partial charge in [0.1, 0.15) is 5.82 Å². The monoisotopic (exact) mass is 390 g/mol. The maximum atomic E-state index is 13.1. The Kier molecular flexibility index (Phi) is 5.09. The molecule has 150 valence electrons. The molecule has 0 radical (unpaired) electrons. The van der Waals surface area contributed by atoms with Gasteiger partial charge >= 0.3 is 0 Å². The van der Waals surface area contributed by atoms with Crippen LogP contribution in [-0.4, -0.2) is 27.9 Å². The lowest BCUT2D eigenvalue weighted by molar-refractivity contribution is -0.127. The van der Waals surface area contributed by atoms with Crippen molar-refractivity contribution in [3.63, 3.8) is 0 Å². The Morgan fingerprint density at radius 2 is 1.79 bits per heavy atom. The van der Waals surface area contributed by atoms with Gasteiger partial charge in [0.2, 0.25) is 11.8 Å². The predicted octanol–water partition coefficient (Wildman–Crippen LogP) is 3.44. The normalized spacial score (nSPS) is 17.9. The Morgan fingerprint density at radius 1 is 1.10 bits per heavy atom. The number of fused-ring (bicyclic) bond motifs is 1. The molecule has 6 heteroatoms. The molecule has 1 aromatic heterocycles. The Bertz CT molecular complexity index is 1040. The molecule has 2 atom stereocenters. The highest BCUT2D eigenvalue weighted by molar-refractivity contribution is 6.00. The number of carbonyl (C=O) groups excluding carboxylic acids is 2. The number of hydrogen-bond donors (Lipinski definition) is 1. The van der Waals surface area contributed by atoms with Crippen molar-refractivity contribution in [3.8, 4) is 0 Å². The third-order valence-electron chi connectivity index (χ3n) is 5.63. The van der Waals surface area contributed by atoms with Crippen LogP contribution in [0.15, 0.2) is 54.6 Å². The summed E-state index contributed by atoms with van der Waals surface area (Å²) in [5.74, 6) is 0.525. The third-order valence-corrected chi connectivity index (χ3v) is 5.63. The number of anilines is 1. The summed E-state index contributed by atoms with van der Waals surface area (Å²) < 4.78 is 2.04. The quantitative estimate of drug-likeness (QED) is 0.726. The zero-order valence-electron chi connectivity index (χ0n) is 17.0. The molecule has 2 heterocycles. The first kappa shape index (κ1) is 19.2. The number of benzene rings is 2. The van der Waals surface area contributed by atoms with Crippen LogP contribution in [0.25, 0.3) is 11.0 Å². The number of aromatic nitrogens is 2. The van der Waals surface area contributed by atoms with Gasteiger partial charge in [-0.05, 0) is 30.2 Å². The maximum absolute atomic E-state index is 13.1. The molecular formula is C23H26N4O2. The summed E-state index contributed by atoms with van der Waals surface area (Å²) in [4.78, 5) is 32.0. The highest BCUT2D eigenvalue weighted by atomic mass is 16.2. The molecule has 0 spiro atoms. The van der Waals surface area contributed by atoms with Gasteiger partial charge in [-0.15, -0.1) is 0 Å². The van der Waals surface area contributed by atoms with Crippen molar-refractivity contribution in [1.82, 2.24) is 14.9 Å². The molecule has 0 saturated carbocycles. The number of rotatable bonds is 5. The van der Waals surface area contributed by atoms with Gasteiger partial charge in [-0.1, -0.05) is 44.2 Å². The van der Waals surface area contributed by atoms with Crippen LogP contribution >= 0.6 is 0 Å². The first-order chi connectivity index (χ1) is 14.0. The summed E-state index contributed by atoms with van der Waals surface area (Å²) in [6, 6.07) is 17.2. The summed E-state index contributed by atoms with van der Waals surface area (Å²) in [5.41, 5.74) is 2.79. The van der Waals surface area contributed by atoms with Crippen molar-refractivity contribution in [1.29, 1.82) is 0 Å². The number of carbonyl (C=O) groups is 2. The van der Waals surface area contributed by atoms with E-state index in [2.05, 4.69) is 19.2 Å². The number of nitrogens with one attached hydrogen (secondary N) is 1. The van der Waals surface area contributed by atoms with E-state index in [0.29, 0.717) is 6.54 Å². The summed E-state index contributed by atoms with van der Waals surface area (Å²) in [6.07, 6.45) is 0.230. The van der Waals surface area contributed by atoms with Crippen molar-refractivity contribution in [2.45, 2.75) is 26.3 Å². The first-order valence-corrected chi connectivity index (χ1v) is 10.0. The maximum Gasteiger partial charge on any atom is 0.227 e. The number of aryl methyl sites for hydroxylation is 1. The van der Waals surface area contributed by atoms with Crippen LogP contribution in [-0.2, 0) is 16.6 Å². The van der Waals surface area contributed by atoms with E-state index in [0.717, 1.165) is 22.5 Å². The molecular weight excluding hydrogens is 364 g/mol. The second-order valence-corrected chi connectivity index (χ2v) is 7.99. The van der Waals surface area contributed by atoms with E-state index in [1.54, 1.807) is 4.90 Å². The third kappa shape index (κ3) is 3.62. The predicted molar refractivity (Wildman–Crippen MR) is 113 cm³/mol. The van der Waals surface area contributed by atoms with E-state index >= 15 is 0 Å². The second-order valence-electron chi connectivity index (χ2n) is 7.99. The van der Waals surface area contributed by atoms with Crippen LogP contribution < -0.4 is 10.2 Å². The average Bonchev–Trinajstić information content (AvgIpc) is 3.27. The van der Waals surface area contributed by atoms with Gasteiger partial charge in [0.15, 0.2) is 0 Å². The van der Waals surface area contributed by atoms with E-state index in [1.165, 1.54) is 0 Å². The minimum absolute atomic E-state index is 0.0137. The van der Waals surface area contributed by atoms with Gasteiger partial charge in [0, 0.05) is 25.7 Å². The molecule has 1 aliphatic heterocycles. The lowest BCUT2D eigenvalue weighted by Gasteiger charge is -2.24. The molecule has 6 nitrogen and oxygen atoms in total. The molecule has 0 bridgehead atoms. The van der Waals surface area contributed by atoms with Gasteiger partial charge in [0.25, 0.3) is 0 Å². The molecule has 2 amide bonds. The van der Waals surface area contributed by atoms with E-state index in [4.69, 9.17) is 4.98 Å². The standard InChI is InChI=1S/C23H26N4O2/c1-15(2)21(22-24-18-11-7-8-12-19(18)26(22)3)25-23(29)16-13-20(28)27(14-16)17-9-5-4-6-10-17/h4-12,15-16,21H,13-14H2,1-3H3,(H,25,29)/t16-,21+/m0/s1. The van der Waals surface area contributed by atoms with Gasteiger partial charge in [-0.2, -0.15) is 0 Å². The summed E-state index contributed by atoms with van der Waals surface area (Å²) in [5, 5.41) is 3.17. The number of amides is 2. The topological polar surface area (TPSA) is 67.2 Å². The fourth-order valence-corrected chi connectivity index (χ4v) is 3.98. The highest BCUT2D eigenvalue weighted by Crippen LogP contribution is 2.28. The average molecular weight is 390 g/mol. The van der Waals surface area contributed by atoms with Crippen LogP contribution in [0.1, 0.15) is 32.1 Å².